The van der Waals surface area contributed by atoms with E-state index in [1.807, 2.05) is 0 Å². The molecule has 7 heteroatoms. The molecule has 0 spiro atoms. The molecule has 0 unspecified atom stereocenters. The number of methoxy groups -OCH3 is 1. The average Bonchev–Trinajstić information content (AvgIpc) is 3.16. The molecule has 4 rings (SSSR count). The fraction of sp³-hybridized carbons (Fsp3) is 0.862. The molecule has 0 aromatic rings. The summed E-state index contributed by atoms with van der Waals surface area (Å²) in [6.07, 6.45) is 6.44. The molecule has 4 aliphatic carbocycles. The summed E-state index contributed by atoms with van der Waals surface area (Å²) >= 11 is 0. The fourth-order valence-corrected chi connectivity index (χ4v) is 9.14. The zero-order valence-electron chi connectivity index (χ0n) is 22.8. The van der Waals surface area contributed by atoms with E-state index in [-0.39, 0.29) is 71.0 Å². The molecule has 10 atom stereocenters. The standard InChI is InChI=1S/C29H44O7/c1-16(7-10-26(33)34-6)21-8-9-22-27-23(15-25(32)29(21,22)5)28(4)12-11-20(35-17(2)30)13-19(28)14-24(27)36-18(3)31/h16,19-24,27H,7-15H2,1-6H3/t16-,19+,20+,21-,22+,23+,24-,27+,28+,29-/m1/s1. The van der Waals surface area contributed by atoms with Crippen LogP contribution >= 0.6 is 0 Å². The van der Waals surface area contributed by atoms with Crippen LogP contribution in [0.1, 0.15) is 92.4 Å². The highest BCUT2D eigenvalue weighted by Gasteiger charge is 2.66. The number of fused-ring (bicyclic) bond motifs is 5. The summed E-state index contributed by atoms with van der Waals surface area (Å²) in [5, 5.41) is 0. The van der Waals surface area contributed by atoms with Crippen LogP contribution in [0, 0.1) is 46.3 Å². The number of hydrogen-bond donors (Lipinski definition) is 0. The van der Waals surface area contributed by atoms with Crippen LogP contribution in [0.15, 0.2) is 0 Å². The van der Waals surface area contributed by atoms with Crippen molar-refractivity contribution in [1.29, 1.82) is 0 Å². The summed E-state index contributed by atoms with van der Waals surface area (Å²) in [7, 11) is 1.41. The Morgan fingerprint density at radius 3 is 2.33 bits per heavy atom. The minimum atomic E-state index is -0.465. The van der Waals surface area contributed by atoms with E-state index in [4.69, 9.17) is 14.2 Å². The Morgan fingerprint density at radius 2 is 1.69 bits per heavy atom. The van der Waals surface area contributed by atoms with E-state index in [0.717, 1.165) is 38.5 Å². The lowest BCUT2D eigenvalue weighted by Gasteiger charge is -2.62. The van der Waals surface area contributed by atoms with Gasteiger partial charge in [0.2, 0.25) is 0 Å². The topological polar surface area (TPSA) is 96.0 Å². The number of rotatable bonds is 6. The van der Waals surface area contributed by atoms with Crippen LogP contribution < -0.4 is 0 Å². The SMILES string of the molecule is COC(=O)CC[C@@H](C)[C@H]1CC[C@H]2[C@@H]3[C@H](OC(C)=O)C[C@@H]4C[C@@H](OC(C)=O)CC[C@]4(C)[C@H]3CC(=O)[C@]12C. The van der Waals surface area contributed by atoms with Crippen LogP contribution in [0.4, 0.5) is 0 Å². The predicted molar refractivity (Wildman–Crippen MR) is 133 cm³/mol. The molecule has 0 bridgehead atoms. The lowest BCUT2D eigenvalue weighted by Crippen LogP contribution is -2.62. The average molecular weight is 505 g/mol. The summed E-state index contributed by atoms with van der Waals surface area (Å²) in [4.78, 5) is 49.7. The molecule has 0 saturated heterocycles. The van der Waals surface area contributed by atoms with Crippen LogP contribution in [0.5, 0.6) is 0 Å². The van der Waals surface area contributed by atoms with Crippen molar-refractivity contribution in [3.63, 3.8) is 0 Å². The molecule has 0 aromatic heterocycles. The number of ketones is 1. The first-order chi connectivity index (χ1) is 16.9. The van der Waals surface area contributed by atoms with Gasteiger partial charge in [-0.1, -0.05) is 20.8 Å². The van der Waals surface area contributed by atoms with Crippen LogP contribution in [0.2, 0.25) is 0 Å². The monoisotopic (exact) mass is 504 g/mol. The summed E-state index contributed by atoms with van der Waals surface area (Å²) < 4.78 is 16.5. The maximum atomic E-state index is 14.0. The second kappa shape index (κ2) is 10.1. The second-order valence-electron chi connectivity index (χ2n) is 12.6. The van der Waals surface area contributed by atoms with Crippen LogP contribution in [0.25, 0.3) is 0 Å². The lowest BCUT2D eigenvalue weighted by atomic mass is 9.43. The molecule has 4 aliphatic rings. The van der Waals surface area contributed by atoms with E-state index in [1.165, 1.54) is 21.0 Å². The largest absolute Gasteiger partial charge is 0.469 e. The van der Waals surface area contributed by atoms with Crippen molar-refractivity contribution < 1.29 is 33.4 Å². The van der Waals surface area contributed by atoms with E-state index in [9.17, 15) is 19.2 Å². The highest BCUT2D eigenvalue weighted by molar-refractivity contribution is 5.87. The zero-order valence-corrected chi connectivity index (χ0v) is 22.8. The molecule has 0 aromatic carbocycles. The summed E-state index contributed by atoms with van der Waals surface area (Å²) in [6.45, 7) is 9.57. The van der Waals surface area contributed by atoms with E-state index < -0.39 is 5.41 Å². The van der Waals surface area contributed by atoms with Crippen molar-refractivity contribution in [2.24, 2.45) is 46.3 Å². The third-order valence-electron chi connectivity index (χ3n) is 10.9. The van der Waals surface area contributed by atoms with Gasteiger partial charge in [-0.25, -0.2) is 0 Å². The van der Waals surface area contributed by atoms with Gasteiger partial charge in [-0.05, 0) is 80.0 Å². The Hall–Kier alpha value is -1.92. The van der Waals surface area contributed by atoms with Gasteiger partial charge < -0.3 is 14.2 Å². The van der Waals surface area contributed by atoms with Crippen molar-refractivity contribution in [3.05, 3.63) is 0 Å². The number of esters is 3. The highest BCUT2D eigenvalue weighted by atomic mass is 16.5. The number of carbonyl (C=O) groups is 4. The Kier molecular flexibility index (Phi) is 7.60. The van der Waals surface area contributed by atoms with Crippen molar-refractivity contribution in [2.45, 2.75) is 105 Å². The van der Waals surface area contributed by atoms with Gasteiger partial charge in [0.25, 0.3) is 0 Å². The van der Waals surface area contributed by atoms with Crippen molar-refractivity contribution in [3.8, 4) is 0 Å². The number of hydrogen-bond acceptors (Lipinski definition) is 7. The minimum Gasteiger partial charge on any atom is -0.469 e. The fourth-order valence-electron chi connectivity index (χ4n) is 9.14. The molecule has 0 aliphatic heterocycles. The van der Waals surface area contributed by atoms with E-state index >= 15 is 0 Å². The maximum absolute atomic E-state index is 14.0. The first kappa shape index (κ1) is 27.1. The molecule has 36 heavy (non-hydrogen) atoms. The molecule has 4 saturated carbocycles. The lowest BCUT2D eigenvalue weighted by molar-refractivity contribution is -0.196. The minimum absolute atomic E-state index is 0.0382. The van der Waals surface area contributed by atoms with E-state index in [1.54, 1.807) is 0 Å². The van der Waals surface area contributed by atoms with Gasteiger partial charge in [0.1, 0.15) is 18.0 Å². The van der Waals surface area contributed by atoms with Gasteiger partial charge in [-0.3, -0.25) is 19.2 Å². The molecule has 202 valence electrons. The Bertz CT molecular complexity index is 898. The highest BCUT2D eigenvalue weighted by Crippen LogP contribution is 2.67. The summed E-state index contributed by atoms with van der Waals surface area (Å²) in [6, 6.07) is 0. The molecular formula is C29H44O7. The molecule has 4 fully saturated rings. The first-order valence-corrected chi connectivity index (χ1v) is 13.9. The van der Waals surface area contributed by atoms with E-state index in [2.05, 4.69) is 20.8 Å². The van der Waals surface area contributed by atoms with Gasteiger partial charge >= 0.3 is 17.9 Å². The first-order valence-electron chi connectivity index (χ1n) is 13.9. The molecule has 7 nitrogen and oxygen atoms in total. The molecular weight excluding hydrogens is 460 g/mol. The Morgan fingerprint density at radius 1 is 1.00 bits per heavy atom. The van der Waals surface area contributed by atoms with Gasteiger partial charge in [-0.15, -0.1) is 0 Å². The van der Waals surface area contributed by atoms with Crippen molar-refractivity contribution in [2.75, 3.05) is 7.11 Å². The summed E-state index contributed by atoms with van der Waals surface area (Å²) in [5.41, 5.74) is -0.503. The maximum Gasteiger partial charge on any atom is 0.305 e. The van der Waals surface area contributed by atoms with Crippen LogP contribution in [0.3, 0.4) is 0 Å². The smallest absolute Gasteiger partial charge is 0.305 e. The number of Topliss-reactive ketones (excluding diaryl/α,β-unsaturated/α-hetero) is 1. The second-order valence-corrected chi connectivity index (χ2v) is 12.6. The van der Waals surface area contributed by atoms with Crippen LogP contribution in [-0.2, 0) is 33.4 Å². The third-order valence-corrected chi connectivity index (χ3v) is 10.9. The molecule has 0 amide bonds. The van der Waals surface area contributed by atoms with Gasteiger partial charge in [0.05, 0.1) is 7.11 Å². The molecule has 0 N–H and O–H groups in total. The van der Waals surface area contributed by atoms with Crippen molar-refractivity contribution in [1.82, 2.24) is 0 Å². The molecule has 0 heterocycles. The van der Waals surface area contributed by atoms with Gasteiger partial charge in [-0.2, -0.15) is 0 Å². The van der Waals surface area contributed by atoms with Gasteiger partial charge in [0, 0.05) is 38.0 Å². The Balaban J connectivity index is 1.62. The van der Waals surface area contributed by atoms with Crippen molar-refractivity contribution >= 4 is 23.7 Å². The molecule has 0 radical (unpaired) electrons. The third kappa shape index (κ3) is 4.60. The van der Waals surface area contributed by atoms with Gasteiger partial charge in [0.15, 0.2) is 0 Å². The van der Waals surface area contributed by atoms with E-state index in [0.29, 0.717) is 25.0 Å². The normalized spacial score (nSPS) is 42.4. The zero-order chi connectivity index (χ0) is 26.4. The predicted octanol–water partition coefficient (Wildman–Crippen LogP) is 4.89. The van der Waals surface area contributed by atoms with Crippen LogP contribution in [-0.4, -0.2) is 43.0 Å². The summed E-state index contributed by atoms with van der Waals surface area (Å²) in [5.74, 6) is 0.785. The Labute approximate surface area is 215 Å². The number of ether oxygens (including phenoxy) is 3. The quantitative estimate of drug-likeness (QED) is 0.375. The number of carbonyl (C=O) groups excluding carboxylic acids is 4.